The van der Waals surface area contributed by atoms with E-state index < -0.39 is 0 Å². The van der Waals surface area contributed by atoms with Crippen molar-refractivity contribution in [3.8, 4) is 11.5 Å². The smallest absolute Gasteiger partial charge is 0.220 e. The molecule has 3 rings (SSSR count). The summed E-state index contributed by atoms with van der Waals surface area (Å²) in [6, 6.07) is 11.8. The molecule has 0 saturated carbocycles. The average molecular weight is 426 g/mol. The van der Waals surface area contributed by atoms with Crippen molar-refractivity contribution in [3.05, 3.63) is 53.9 Å². The third-order valence-electron chi connectivity index (χ3n) is 5.90. The van der Waals surface area contributed by atoms with Crippen LogP contribution in [0.15, 0.2) is 42.6 Å². The lowest BCUT2D eigenvalue weighted by molar-refractivity contribution is -0.123. The first-order chi connectivity index (χ1) is 15.0. The number of carbonyl (C=O) groups is 1. The maximum atomic E-state index is 12.5. The van der Waals surface area contributed by atoms with Crippen molar-refractivity contribution in [1.29, 1.82) is 0 Å². The third kappa shape index (κ3) is 6.44. The minimum Gasteiger partial charge on any atom is -0.497 e. The molecule has 1 aliphatic rings. The Balaban J connectivity index is 1.66. The van der Waals surface area contributed by atoms with Gasteiger partial charge >= 0.3 is 0 Å². The number of ether oxygens (including phenoxy) is 2. The first kappa shape index (κ1) is 23.1. The fourth-order valence-corrected chi connectivity index (χ4v) is 4.29. The molecule has 1 unspecified atom stereocenters. The van der Waals surface area contributed by atoms with Crippen LogP contribution < -0.4 is 14.8 Å². The van der Waals surface area contributed by atoms with Crippen LogP contribution in [0.4, 0.5) is 0 Å². The average Bonchev–Trinajstić information content (AvgIpc) is 2.78. The molecule has 1 aromatic carbocycles. The molecule has 1 fully saturated rings. The Bertz CT molecular complexity index is 833. The van der Waals surface area contributed by atoms with Crippen molar-refractivity contribution >= 4 is 5.91 Å². The van der Waals surface area contributed by atoms with E-state index in [1.807, 2.05) is 36.4 Å². The van der Waals surface area contributed by atoms with Crippen molar-refractivity contribution in [2.75, 3.05) is 27.3 Å². The van der Waals surface area contributed by atoms with Gasteiger partial charge in [-0.2, -0.15) is 0 Å². The van der Waals surface area contributed by atoms with Gasteiger partial charge in [0.25, 0.3) is 0 Å². The van der Waals surface area contributed by atoms with Crippen LogP contribution in [0.3, 0.4) is 0 Å². The molecule has 2 heterocycles. The number of pyridine rings is 1. The minimum atomic E-state index is -0.0408. The lowest BCUT2D eigenvalue weighted by Gasteiger charge is -2.36. The van der Waals surface area contributed by atoms with E-state index in [9.17, 15) is 4.79 Å². The lowest BCUT2D eigenvalue weighted by Crippen LogP contribution is -2.41. The van der Waals surface area contributed by atoms with Crippen molar-refractivity contribution in [2.45, 2.75) is 45.7 Å². The first-order valence-corrected chi connectivity index (χ1v) is 11.1. The predicted octanol–water partition coefficient (Wildman–Crippen LogP) is 4.21. The second-order valence-corrected chi connectivity index (χ2v) is 8.69. The summed E-state index contributed by atoms with van der Waals surface area (Å²) in [5, 5.41) is 3.28. The Morgan fingerprint density at radius 2 is 1.94 bits per heavy atom. The van der Waals surface area contributed by atoms with Crippen LogP contribution >= 0.6 is 0 Å². The van der Waals surface area contributed by atoms with E-state index in [1.165, 1.54) is 0 Å². The van der Waals surface area contributed by atoms with E-state index in [0.29, 0.717) is 18.3 Å². The van der Waals surface area contributed by atoms with Gasteiger partial charge in [0, 0.05) is 24.7 Å². The molecule has 6 heteroatoms. The molecule has 0 radical (unpaired) electrons. The molecule has 31 heavy (non-hydrogen) atoms. The van der Waals surface area contributed by atoms with Gasteiger partial charge in [0.1, 0.15) is 11.5 Å². The molecule has 1 atom stereocenters. The van der Waals surface area contributed by atoms with E-state index in [4.69, 9.17) is 9.47 Å². The lowest BCUT2D eigenvalue weighted by atomic mass is 9.87. The Hall–Kier alpha value is -2.60. The molecule has 168 valence electrons. The van der Waals surface area contributed by atoms with Crippen LogP contribution in [0.2, 0.25) is 0 Å². The molecule has 0 aliphatic carbocycles. The number of nitrogens with one attached hydrogen (secondary N) is 1. The highest BCUT2D eigenvalue weighted by Gasteiger charge is 2.30. The minimum absolute atomic E-state index is 0.0408. The summed E-state index contributed by atoms with van der Waals surface area (Å²) in [4.78, 5) is 19.5. The number of nitrogens with zero attached hydrogens (tertiary/aromatic N) is 2. The molecule has 1 saturated heterocycles. The number of amides is 1. The summed E-state index contributed by atoms with van der Waals surface area (Å²) in [6.07, 6.45) is 4.36. The monoisotopic (exact) mass is 425 g/mol. The number of benzene rings is 1. The quantitative estimate of drug-likeness (QED) is 0.652. The van der Waals surface area contributed by atoms with Gasteiger partial charge in [-0.3, -0.25) is 14.7 Å². The van der Waals surface area contributed by atoms with Gasteiger partial charge in [-0.15, -0.1) is 0 Å². The number of piperidine rings is 1. The molecule has 6 nitrogen and oxygen atoms in total. The van der Waals surface area contributed by atoms with Gasteiger partial charge in [0.2, 0.25) is 5.91 Å². The maximum absolute atomic E-state index is 12.5. The summed E-state index contributed by atoms with van der Waals surface area (Å²) >= 11 is 0. The van der Waals surface area contributed by atoms with Crippen LogP contribution in [0, 0.1) is 11.8 Å². The SMILES string of the molecule is COc1ccc(OC)c(CN2CCC(C(NC(=O)CC(C)C)c3ccccn3)CC2)c1. The number of hydrogen-bond donors (Lipinski definition) is 1. The van der Waals surface area contributed by atoms with Crippen LogP contribution in [0.1, 0.15) is 50.4 Å². The van der Waals surface area contributed by atoms with Crippen molar-refractivity contribution in [2.24, 2.45) is 11.8 Å². The summed E-state index contributed by atoms with van der Waals surface area (Å²) in [5.41, 5.74) is 2.08. The predicted molar refractivity (Wildman–Crippen MR) is 122 cm³/mol. The zero-order valence-corrected chi connectivity index (χ0v) is 19.1. The Kier molecular flexibility index (Phi) is 8.29. The topological polar surface area (TPSA) is 63.7 Å². The number of carbonyl (C=O) groups excluding carboxylic acids is 1. The largest absolute Gasteiger partial charge is 0.497 e. The molecule has 0 bridgehead atoms. The number of likely N-dealkylation sites (tertiary alicyclic amines) is 1. The standard InChI is InChI=1S/C25H35N3O3/c1-18(2)15-24(29)27-25(22-7-5-6-12-26-22)19-10-13-28(14-11-19)17-20-16-21(30-3)8-9-23(20)31-4/h5-9,12,16,18-19,25H,10-11,13-15,17H2,1-4H3,(H,27,29). The van der Waals surface area contributed by atoms with Gasteiger partial charge in [0.15, 0.2) is 0 Å². The van der Waals surface area contributed by atoms with Gasteiger partial charge in [0.05, 0.1) is 26.0 Å². The number of aromatic nitrogens is 1. The van der Waals surface area contributed by atoms with E-state index in [0.717, 1.165) is 55.2 Å². The number of methoxy groups -OCH3 is 2. The van der Waals surface area contributed by atoms with E-state index in [1.54, 1.807) is 20.4 Å². The molecule has 1 aromatic heterocycles. The fourth-order valence-electron chi connectivity index (χ4n) is 4.29. The highest BCUT2D eigenvalue weighted by molar-refractivity contribution is 5.76. The summed E-state index contributed by atoms with van der Waals surface area (Å²) in [7, 11) is 3.39. The molecule has 0 spiro atoms. The summed E-state index contributed by atoms with van der Waals surface area (Å²) in [5.74, 6) is 2.54. The van der Waals surface area contributed by atoms with Gasteiger partial charge < -0.3 is 14.8 Å². The number of hydrogen-bond acceptors (Lipinski definition) is 5. The Labute approximate surface area is 186 Å². The highest BCUT2D eigenvalue weighted by Crippen LogP contribution is 2.32. The van der Waals surface area contributed by atoms with Crippen molar-refractivity contribution in [1.82, 2.24) is 15.2 Å². The normalized spacial score (nSPS) is 16.2. The Morgan fingerprint density at radius 1 is 1.16 bits per heavy atom. The summed E-state index contributed by atoms with van der Waals surface area (Å²) < 4.78 is 10.9. The second kappa shape index (κ2) is 11.1. The van der Waals surface area contributed by atoms with Gasteiger partial charge in [-0.05, 0) is 68.1 Å². The Morgan fingerprint density at radius 3 is 2.55 bits per heavy atom. The zero-order valence-electron chi connectivity index (χ0n) is 19.1. The molecule has 2 aromatic rings. The third-order valence-corrected chi connectivity index (χ3v) is 5.90. The van der Waals surface area contributed by atoms with Crippen molar-refractivity contribution in [3.63, 3.8) is 0 Å². The van der Waals surface area contributed by atoms with E-state index >= 15 is 0 Å². The zero-order chi connectivity index (χ0) is 22.2. The van der Waals surface area contributed by atoms with Crippen LogP contribution in [0.25, 0.3) is 0 Å². The van der Waals surface area contributed by atoms with Crippen LogP contribution in [0.5, 0.6) is 11.5 Å². The number of rotatable bonds is 9. The van der Waals surface area contributed by atoms with Gasteiger partial charge in [-0.25, -0.2) is 0 Å². The van der Waals surface area contributed by atoms with Crippen LogP contribution in [-0.2, 0) is 11.3 Å². The molecule has 1 amide bonds. The van der Waals surface area contributed by atoms with Gasteiger partial charge in [-0.1, -0.05) is 19.9 Å². The maximum Gasteiger partial charge on any atom is 0.220 e. The molecule has 1 aliphatic heterocycles. The summed E-state index contributed by atoms with van der Waals surface area (Å²) in [6.45, 7) is 6.89. The van der Waals surface area contributed by atoms with E-state index in [-0.39, 0.29) is 11.9 Å². The van der Waals surface area contributed by atoms with E-state index in [2.05, 4.69) is 29.0 Å². The highest BCUT2D eigenvalue weighted by atomic mass is 16.5. The molecular weight excluding hydrogens is 390 g/mol. The molecule has 1 N–H and O–H groups in total. The molecular formula is C25H35N3O3. The first-order valence-electron chi connectivity index (χ1n) is 11.1. The fraction of sp³-hybridized carbons (Fsp3) is 0.520. The second-order valence-electron chi connectivity index (χ2n) is 8.69. The van der Waals surface area contributed by atoms with Crippen LogP contribution in [-0.4, -0.2) is 43.1 Å². The van der Waals surface area contributed by atoms with Crippen molar-refractivity contribution < 1.29 is 14.3 Å².